The Morgan fingerprint density at radius 3 is 2.53 bits per heavy atom. The van der Waals surface area contributed by atoms with Crippen molar-refractivity contribution in [3.8, 4) is 11.8 Å². The second-order valence-corrected chi connectivity index (χ2v) is 8.90. The number of carbonyl (C=O) groups is 1. The monoisotopic (exact) mass is 448 g/mol. The lowest BCUT2D eigenvalue weighted by molar-refractivity contribution is 0.0515. The van der Waals surface area contributed by atoms with E-state index in [4.69, 9.17) is 14.7 Å². The molecule has 0 spiro atoms. The Balaban J connectivity index is 1.48. The van der Waals surface area contributed by atoms with E-state index in [1.54, 1.807) is 30.5 Å². The molecule has 1 fully saturated rings. The zero-order valence-electron chi connectivity index (χ0n) is 18.0. The van der Waals surface area contributed by atoms with Crippen molar-refractivity contribution in [3.63, 3.8) is 0 Å². The van der Waals surface area contributed by atoms with Gasteiger partial charge in [-0.3, -0.25) is 0 Å². The molecule has 7 nitrogen and oxygen atoms in total. The third kappa shape index (κ3) is 4.78. The predicted octanol–water partition coefficient (Wildman–Crippen LogP) is 4.42. The Hall–Kier alpha value is -3.31. The van der Waals surface area contributed by atoms with Crippen LogP contribution in [0, 0.1) is 11.3 Å². The maximum Gasteiger partial charge on any atom is 0.361 e. The van der Waals surface area contributed by atoms with Crippen molar-refractivity contribution in [1.82, 2.24) is 15.0 Å². The van der Waals surface area contributed by atoms with Crippen molar-refractivity contribution in [2.75, 3.05) is 13.7 Å². The van der Waals surface area contributed by atoms with Gasteiger partial charge in [0, 0.05) is 5.25 Å². The highest BCUT2D eigenvalue weighted by Crippen LogP contribution is 2.46. The SMILES string of the molecule is CCOC(=O)c1nnn(Cc2ccc(OC)cc2)c1S[C@H]1C[C@H](c2ccc(C#N)cc2)C1. The van der Waals surface area contributed by atoms with E-state index in [0.29, 0.717) is 29.9 Å². The summed E-state index contributed by atoms with van der Waals surface area (Å²) in [5.41, 5.74) is 3.23. The first kappa shape index (κ1) is 21.9. The van der Waals surface area contributed by atoms with Gasteiger partial charge in [0.2, 0.25) is 5.69 Å². The van der Waals surface area contributed by atoms with Gasteiger partial charge in [-0.1, -0.05) is 29.5 Å². The number of carbonyl (C=O) groups excluding carboxylic acids is 1. The fourth-order valence-corrected chi connectivity index (χ4v) is 5.11. The molecule has 2 aromatic carbocycles. The van der Waals surface area contributed by atoms with Crippen LogP contribution in [0.4, 0.5) is 0 Å². The normalized spacial score (nSPS) is 17.3. The van der Waals surface area contributed by atoms with Gasteiger partial charge in [0.05, 0.1) is 31.9 Å². The van der Waals surface area contributed by atoms with Gasteiger partial charge in [-0.15, -0.1) is 16.9 Å². The number of benzene rings is 2. The first-order valence-electron chi connectivity index (χ1n) is 10.5. The van der Waals surface area contributed by atoms with Crippen LogP contribution in [0.2, 0.25) is 0 Å². The first-order valence-corrected chi connectivity index (χ1v) is 11.4. The Morgan fingerprint density at radius 2 is 1.91 bits per heavy atom. The van der Waals surface area contributed by atoms with Gasteiger partial charge in [0.1, 0.15) is 10.8 Å². The van der Waals surface area contributed by atoms with Crippen LogP contribution in [0.1, 0.15) is 52.9 Å². The Bertz CT molecular complexity index is 1110. The minimum absolute atomic E-state index is 0.271. The molecule has 0 atom stereocenters. The molecule has 1 aromatic heterocycles. The molecule has 0 N–H and O–H groups in total. The van der Waals surface area contributed by atoms with Gasteiger partial charge in [0.15, 0.2) is 0 Å². The van der Waals surface area contributed by atoms with E-state index < -0.39 is 5.97 Å². The van der Waals surface area contributed by atoms with Crippen LogP contribution in [0.5, 0.6) is 5.75 Å². The number of nitrogens with zero attached hydrogens (tertiary/aromatic N) is 4. The van der Waals surface area contributed by atoms with Crippen LogP contribution in [0.3, 0.4) is 0 Å². The number of aromatic nitrogens is 3. The maximum atomic E-state index is 12.5. The van der Waals surface area contributed by atoms with E-state index >= 15 is 0 Å². The second-order valence-electron chi connectivity index (χ2n) is 7.61. The molecule has 3 aromatic rings. The lowest BCUT2D eigenvalue weighted by Gasteiger charge is -2.35. The first-order chi connectivity index (χ1) is 15.6. The van der Waals surface area contributed by atoms with Crippen molar-refractivity contribution < 1.29 is 14.3 Å². The topological polar surface area (TPSA) is 90.0 Å². The molecule has 0 bridgehead atoms. The highest BCUT2D eigenvalue weighted by atomic mass is 32.2. The number of esters is 1. The minimum Gasteiger partial charge on any atom is -0.497 e. The summed E-state index contributed by atoms with van der Waals surface area (Å²) in [4.78, 5) is 12.5. The van der Waals surface area contributed by atoms with Gasteiger partial charge < -0.3 is 9.47 Å². The molecule has 32 heavy (non-hydrogen) atoms. The highest BCUT2D eigenvalue weighted by Gasteiger charge is 2.34. The highest BCUT2D eigenvalue weighted by molar-refractivity contribution is 8.00. The summed E-state index contributed by atoms with van der Waals surface area (Å²) in [7, 11) is 1.64. The van der Waals surface area contributed by atoms with E-state index in [-0.39, 0.29) is 5.69 Å². The summed E-state index contributed by atoms with van der Waals surface area (Å²) >= 11 is 1.64. The van der Waals surface area contributed by atoms with Crippen molar-refractivity contribution in [2.45, 2.75) is 42.5 Å². The van der Waals surface area contributed by atoms with E-state index in [1.165, 1.54) is 5.56 Å². The lowest BCUT2D eigenvalue weighted by atomic mass is 9.79. The molecule has 0 radical (unpaired) electrons. The summed E-state index contributed by atoms with van der Waals surface area (Å²) in [6.45, 7) is 2.57. The molecule has 4 rings (SSSR count). The molecule has 0 saturated heterocycles. The van der Waals surface area contributed by atoms with Crippen molar-refractivity contribution >= 4 is 17.7 Å². The lowest BCUT2D eigenvalue weighted by Crippen LogP contribution is -2.25. The van der Waals surface area contributed by atoms with Gasteiger partial charge in [-0.25, -0.2) is 9.48 Å². The van der Waals surface area contributed by atoms with Gasteiger partial charge in [-0.05, 0) is 61.1 Å². The molecule has 164 valence electrons. The Kier molecular flexibility index (Phi) is 6.76. The van der Waals surface area contributed by atoms with E-state index in [2.05, 4.69) is 16.4 Å². The van der Waals surface area contributed by atoms with Crippen molar-refractivity contribution in [3.05, 3.63) is 70.9 Å². The average Bonchev–Trinajstić information content (AvgIpc) is 3.19. The van der Waals surface area contributed by atoms with E-state index in [9.17, 15) is 4.79 Å². The molecule has 1 heterocycles. The largest absolute Gasteiger partial charge is 0.497 e. The van der Waals surface area contributed by atoms with Crippen LogP contribution in [0.15, 0.2) is 53.6 Å². The average molecular weight is 449 g/mol. The number of rotatable bonds is 8. The smallest absolute Gasteiger partial charge is 0.361 e. The number of ether oxygens (including phenoxy) is 2. The third-order valence-corrected chi connectivity index (χ3v) is 6.88. The summed E-state index contributed by atoms with van der Waals surface area (Å²) in [6.07, 6.45) is 1.99. The van der Waals surface area contributed by atoms with Gasteiger partial charge >= 0.3 is 5.97 Å². The maximum absolute atomic E-state index is 12.5. The minimum atomic E-state index is -0.445. The summed E-state index contributed by atoms with van der Waals surface area (Å²) in [5, 5.41) is 18.5. The summed E-state index contributed by atoms with van der Waals surface area (Å²) in [6, 6.07) is 17.7. The summed E-state index contributed by atoms with van der Waals surface area (Å²) in [5.74, 6) is 0.800. The Labute approximate surface area is 191 Å². The zero-order valence-corrected chi connectivity index (χ0v) is 18.8. The van der Waals surface area contributed by atoms with Crippen LogP contribution in [0.25, 0.3) is 0 Å². The molecule has 1 aliphatic rings. The molecular weight excluding hydrogens is 424 g/mol. The molecule has 0 amide bonds. The van der Waals surface area contributed by atoms with Crippen LogP contribution in [-0.2, 0) is 11.3 Å². The van der Waals surface area contributed by atoms with Crippen LogP contribution < -0.4 is 4.74 Å². The molecule has 1 aliphatic carbocycles. The number of hydrogen-bond acceptors (Lipinski definition) is 7. The number of thioether (sulfide) groups is 1. The fraction of sp³-hybridized carbons (Fsp3) is 0.333. The predicted molar refractivity (Wildman–Crippen MR) is 121 cm³/mol. The quantitative estimate of drug-likeness (QED) is 0.471. The van der Waals surface area contributed by atoms with Crippen LogP contribution in [-0.4, -0.2) is 39.9 Å². The summed E-state index contributed by atoms with van der Waals surface area (Å²) < 4.78 is 12.2. The molecule has 8 heteroatoms. The third-order valence-electron chi connectivity index (χ3n) is 5.53. The van der Waals surface area contributed by atoms with E-state index in [0.717, 1.165) is 29.2 Å². The number of nitriles is 1. The van der Waals surface area contributed by atoms with Crippen molar-refractivity contribution in [1.29, 1.82) is 5.26 Å². The van der Waals surface area contributed by atoms with E-state index in [1.807, 2.05) is 48.5 Å². The molecule has 0 aliphatic heterocycles. The zero-order chi connectivity index (χ0) is 22.5. The molecule has 1 saturated carbocycles. The standard InChI is InChI=1S/C24H24N4O3S/c1-3-31-24(29)22-23(28(27-26-22)15-17-6-10-20(30-2)11-7-17)32-21-12-19(13-21)18-8-4-16(14-25)5-9-18/h4-11,19,21H,3,12-13,15H2,1-2H3/t19-,21-. The van der Waals surface area contributed by atoms with Crippen LogP contribution >= 0.6 is 11.8 Å². The van der Waals surface area contributed by atoms with Gasteiger partial charge in [-0.2, -0.15) is 5.26 Å². The number of methoxy groups -OCH3 is 1. The molecule has 0 unspecified atom stereocenters. The Morgan fingerprint density at radius 1 is 1.19 bits per heavy atom. The second kappa shape index (κ2) is 9.88. The van der Waals surface area contributed by atoms with Gasteiger partial charge in [0.25, 0.3) is 0 Å². The number of hydrogen-bond donors (Lipinski definition) is 0. The molecular formula is C24H24N4O3S. The van der Waals surface area contributed by atoms with Crippen molar-refractivity contribution in [2.24, 2.45) is 0 Å². The fourth-order valence-electron chi connectivity index (χ4n) is 3.68.